The first-order chi connectivity index (χ1) is 11.9. The number of alkyl halides is 3. The number of pyridine rings is 1. The van der Waals surface area contributed by atoms with E-state index in [1.165, 1.54) is 12.3 Å². The SMILES string of the molecule is CC(C)(C)S(=O)(=O)NC1CCC(CNc2ccc(C(F)(F)F)nc2)CC1. The summed E-state index contributed by atoms with van der Waals surface area (Å²) < 4.78 is 63.8. The maximum Gasteiger partial charge on any atom is 0.433 e. The van der Waals surface area contributed by atoms with E-state index >= 15 is 0 Å². The van der Waals surface area contributed by atoms with Crippen LogP contribution in [0.1, 0.15) is 52.1 Å². The first-order valence-corrected chi connectivity index (χ1v) is 10.2. The van der Waals surface area contributed by atoms with Crippen molar-refractivity contribution < 1.29 is 21.6 Å². The predicted molar refractivity (Wildman–Crippen MR) is 95.3 cm³/mol. The zero-order chi connectivity index (χ0) is 19.6. The molecule has 148 valence electrons. The van der Waals surface area contributed by atoms with Crippen LogP contribution in [0.2, 0.25) is 0 Å². The zero-order valence-corrected chi connectivity index (χ0v) is 16.0. The monoisotopic (exact) mass is 393 g/mol. The summed E-state index contributed by atoms with van der Waals surface area (Å²) in [7, 11) is -3.35. The number of rotatable bonds is 5. The van der Waals surface area contributed by atoms with Gasteiger partial charge in [0.05, 0.1) is 16.6 Å². The van der Waals surface area contributed by atoms with E-state index in [1.54, 1.807) is 20.8 Å². The van der Waals surface area contributed by atoms with Gasteiger partial charge in [0.2, 0.25) is 10.0 Å². The molecule has 0 aromatic carbocycles. The summed E-state index contributed by atoms with van der Waals surface area (Å²) in [6.45, 7) is 5.64. The summed E-state index contributed by atoms with van der Waals surface area (Å²) in [5.41, 5.74) is -0.358. The molecule has 2 N–H and O–H groups in total. The lowest BCUT2D eigenvalue weighted by atomic mass is 9.86. The fraction of sp³-hybridized carbons (Fsp3) is 0.706. The van der Waals surface area contributed by atoms with Crippen molar-refractivity contribution in [1.82, 2.24) is 9.71 Å². The maximum absolute atomic E-state index is 12.5. The molecule has 9 heteroatoms. The lowest BCUT2D eigenvalue weighted by Crippen LogP contribution is -2.46. The number of anilines is 1. The predicted octanol–water partition coefficient (Wildman–Crippen LogP) is 3.79. The van der Waals surface area contributed by atoms with Crippen molar-refractivity contribution in [2.45, 2.75) is 63.4 Å². The number of halogens is 3. The summed E-state index contributed by atoms with van der Waals surface area (Å²) in [6, 6.07) is 2.28. The van der Waals surface area contributed by atoms with Crippen molar-refractivity contribution in [2.24, 2.45) is 5.92 Å². The Kier molecular flexibility index (Phi) is 6.22. The standard InChI is InChI=1S/C17H26F3N3O2S/c1-16(2,3)26(24,25)23-13-6-4-12(5-7-13)10-21-14-8-9-15(22-11-14)17(18,19)20/h8-9,11-13,21,23H,4-7,10H2,1-3H3. The summed E-state index contributed by atoms with van der Waals surface area (Å²) in [6.07, 6.45) is -0.0140. The highest BCUT2D eigenvalue weighted by Crippen LogP contribution is 2.29. The average Bonchev–Trinajstić information content (AvgIpc) is 2.52. The van der Waals surface area contributed by atoms with Crippen LogP contribution >= 0.6 is 0 Å². The van der Waals surface area contributed by atoms with Gasteiger partial charge in [0.15, 0.2) is 0 Å². The second-order valence-electron chi connectivity index (χ2n) is 7.76. The van der Waals surface area contributed by atoms with Gasteiger partial charge in [-0.1, -0.05) is 0 Å². The molecule has 1 saturated carbocycles. The number of nitrogens with zero attached hydrogens (tertiary/aromatic N) is 1. The Bertz CT molecular complexity index is 689. The minimum absolute atomic E-state index is 0.0526. The minimum Gasteiger partial charge on any atom is -0.384 e. The van der Waals surface area contributed by atoms with Gasteiger partial charge in [-0.3, -0.25) is 0 Å². The van der Waals surface area contributed by atoms with Crippen LogP contribution in [0.3, 0.4) is 0 Å². The van der Waals surface area contributed by atoms with Crippen LogP contribution in [0.5, 0.6) is 0 Å². The summed E-state index contributed by atoms with van der Waals surface area (Å²) in [4.78, 5) is 3.42. The van der Waals surface area contributed by atoms with Gasteiger partial charge in [0, 0.05) is 12.6 Å². The molecule has 1 aliphatic carbocycles. The molecule has 0 amide bonds. The van der Waals surface area contributed by atoms with E-state index in [-0.39, 0.29) is 6.04 Å². The van der Waals surface area contributed by atoms with Crippen LogP contribution in [0.15, 0.2) is 18.3 Å². The highest BCUT2D eigenvalue weighted by atomic mass is 32.2. The third-order valence-corrected chi connectivity index (χ3v) is 6.88. The smallest absolute Gasteiger partial charge is 0.384 e. The Labute approximate surface area is 152 Å². The van der Waals surface area contributed by atoms with Crippen LogP contribution in [-0.2, 0) is 16.2 Å². The molecule has 1 heterocycles. The van der Waals surface area contributed by atoms with Gasteiger partial charge in [-0.25, -0.2) is 18.1 Å². The van der Waals surface area contributed by atoms with Crippen molar-refractivity contribution >= 4 is 15.7 Å². The number of sulfonamides is 1. The van der Waals surface area contributed by atoms with Gasteiger partial charge in [-0.15, -0.1) is 0 Å². The van der Waals surface area contributed by atoms with Crippen LogP contribution in [0, 0.1) is 5.92 Å². The molecule has 0 unspecified atom stereocenters. The second kappa shape index (κ2) is 7.72. The van der Waals surface area contributed by atoms with E-state index in [0.717, 1.165) is 31.7 Å². The van der Waals surface area contributed by atoms with Crippen LogP contribution < -0.4 is 10.0 Å². The van der Waals surface area contributed by atoms with Gasteiger partial charge in [0.1, 0.15) is 5.69 Å². The second-order valence-corrected chi connectivity index (χ2v) is 10.2. The Morgan fingerprint density at radius 1 is 1.12 bits per heavy atom. The molecule has 0 bridgehead atoms. The fourth-order valence-corrected chi connectivity index (χ4v) is 3.84. The minimum atomic E-state index is -4.43. The van der Waals surface area contributed by atoms with Gasteiger partial charge < -0.3 is 5.32 Å². The quantitative estimate of drug-likeness (QED) is 0.799. The van der Waals surface area contributed by atoms with Crippen LogP contribution in [-0.4, -0.2) is 30.7 Å². The molecular weight excluding hydrogens is 367 g/mol. The third kappa shape index (κ3) is 5.57. The Hall–Kier alpha value is -1.35. The van der Waals surface area contributed by atoms with Gasteiger partial charge >= 0.3 is 6.18 Å². The Morgan fingerprint density at radius 3 is 2.19 bits per heavy atom. The van der Waals surface area contributed by atoms with Crippen molar-refractivity contribution in [1.29, 1.82) is 0 Å². The molecule has 0 saturated heterocycles. The zero-order valence-electron chi connectivity index (χ0n) is 15.2. The Balaban J connectivity index is 1.79. The normalized spacial score (nSPS) is 22.2. The van der Waals surface area contributed by atoms with E-state index in [0.29, 0.717) is 18.2 Å². The van der Waals surface area contributed by atoms with Gasteiger partial charge in [-0.2, -0.15) is 13.2 Å². The summed E-state index contributed by atoms with van der Waals surface area (Å²) in [5.74, 6) is 0.354. The van der Waals surface area contributed by atoms with E-state index in [9.17, 15) is 21.6 Å². The fourth-order valence-electron chi connectivity index (χ4n) is 2.81. The van der Waals surface area contributed by atoms with E-state index in [4.69, 9.17) is 0 Å². The molecule has 26 heavy (non-hydrogen) atoms. The molecule has 0 radical (unpaired) electrons. The lowest BCUT2D eigenvalue weighted by molar-refractivity contribution is -0.141. The van der Waals surface area contributed by atoms with Crippen molar-refractivity contribution in [3.05, 3.63) is 24.0 Å². The van der Waals surface area contributed by atoms with Crippen LogP contribution in [0.4, 0.5) is 18.9 Å². The van der Waals surface area contributed by atoms with Crippen molar-refractivity contribution in [2.75, 3.05) is 11.9 Å². The van der Waals surface area contributed by atoms with Gasteiger partial charge in [-0.05, 0) is 64.5 Å². The molecule has 1 aromatic rings. The number of hydrogen-bond donors (Lipinski definition) is 2. The van der Waals surface area contributed by atoms with Crippen LogP contribution in [0.25, 0.3) is 0 Å². The van der Waals surface area contributed by atoms with E-state index < -0.39 is 26.6 Å². The topological polar surface area (TPSA) is 71.1 Å². The molecule has 1 aromatic heterocycles. The molecule has 0 spiro atoms. The molecule has 0 atom stereocenters. The maximum atomic E-state index is 12.5. The highest BCUT2D eigenvalue weighted by Gasteiger charge is 2.33. The van der Waals surface area contributed by atoms with Crippen molar-refractivity contribution in [3.8, 4) is 0 Å². The molecule has 1 aliphatic rings. The molecule has 0 aliphatic heterocycles. The number of hydrogen-bond acceptors (Lipinski definition) is 4. The van der Waals surface area contributed by atoms with Gasteiger partial charge in [0.25, 0.3) is 0 Å². The van der Waals surface area contributed by atoms with Crippen molar-refractivity contribution in [3.63, 3.8) is 0 Å². The molecule has 5 nitrogen and oxygen atoms in total. The summed E-state index contributed by atoms with van der Waals surface area (Å²) >= 11 is 0. The molecule has 1 fully saturated rings. The lowest BCUT2D eigenvalue weighted by Gasteiger charge is -2.31. The first-order valence-electron chi connectivity index (χ1n) is 8.67. The molecular formula is C17H26F3N3O2S. The first kappa shape index (κ1) is 21.0. The average molecular weight is 393 g/mol. The van der Waals surface area contributed by atoms with E-state index in [1.807, 2.05) is 0 Å². The summed E-state index contributed by atoms with van der Waals surface area (Å²) in [5, 5.41) is 3.11. The highest BCUT2D eigenvalue weighted by molar-refractivity contribution is 7.90. The largest absolute Gasteiger partial charge is 0.433 e. The third-order valence-electron chi connectivity index (χ3n) is 4.62. The number of aromatic nitrogens is 1. The number of nitrogens with one attached hydrogen (secondary N) is 2. The Morgan fingerprint density at radius 2 is 1.73 bits per heavy atom. The van der Waals surface area contributed by atoms with E-state index in [2.05, 4.69) is 15.0 Å². The molecule has 2 rings (SSSR count).